The lowest BCUT2D eigenvalue weighted by molar-refractivity contribution is 0.0374. The highest BCUT2D eigenvalue weighted by atomic mass is 16.5. The summed E-state index contributed by atoms with van der Waals surface area (Å²) in [7, 11) is 0. The molecule has 1 amide bonds. The lowest BCUT2D eigenvalue weighted by Gasteiger charge is -2.26. The van der Waals surface area contributed by atoms with E-state index in [1.165, 1.54) is 0 Å². The zero-order chi connectivity index (χ0) is 20.8. The Kier molecular flexibility index (Phi) is 6.51. The molecule has 4 rings (SSSR count). The number of rotatable bonds is 7. The Balaban J connectivity index is 1.48. The average molecular weight is 406 g/mol. The molecule has 1 fully saturated rings. The van der Waals surface area contributed by atoms with Crippen molar-refractivity contribution in [1.82, 2.24) is 25.0 Å². The first kappa shape index (κ1) is 20.3. The third-order valence-corrected chi connectivity index (χ3v) is 5.13. The summed E-state index contributed by atoms with van der Waals surface area (Å²) in [5, 5.41) is 7.49. The molecule has 156 valence electrons. The molecule has 1 N–H and O–H groups in total. The molecule has 0 radical (unpaired) electrons. The molecule has 7 nitrogen and oxygen atoms in total. The predicted molar refractivity (Wildman–Crippen MR) is 116 cm³/mol. The second-order valence-electron chi connectivity index (χ2n) is 7.44. The van der Waals surface area contributed by atoms with Crippen LogP contribution in [0.3, 0.4) is 0 Å². The van der Waals surface area contributed by atoms with Crippen LogP contribution < -0.4 is 5.32 Å². The van der Waals surface area contributed by atoms with Gasteiger partial charge in [0.25, 0.3) is 5.91 Å². The molecule has 3 aromatic rings. The number of nitrogens with one attached hydrogen (secondary N) is 1. The molecule has 0 saturated carbocycles. The van der Waals surface area contributed by atoms with Crippen LogP contribution in [0.1, 0.15) is 22.6 Å². The molecule has 0 aliphatic carbocycles. The molecule has 7 heteroatoms. The van der Waals surface area contributed by atoms with Crippen molar-refractivity contribution in [2.45, 2.75) is 13.3 Å². The van der Waals surface area contributed by atoms with Gasteiger partial charge >= 0.3 is 0 Å². The van der Waals surface area contributed by atoms with Gasteiger partial charge in [-0.1, -0.05) is 42.5 Å². The third kappa shape index (κ3) is 4.93. The summed E-state index contributed by atoms with van der Waals surface area (Å²) >= 11 is 0. The molecule has 0 spiro atoms. The van der Waals surface area contributed by atoms with Gasteiger partial charge in [0.15, 0.2) is 5.82 Å². The van der Waals surface area contributed by atoms with E-state index in [2.05, 4.69) is 20.3 Å². The van der Waals surface area contributed by atoms with Gasteiger partial charge in [-0.2, -0.15) is 0 Å². The van der Waals surface area contributed by atoms with Gasteiger partial charge in [-0.05, 0) is 37.6 Å². The Bertz CT molecular complexity index is 980. The van der Waals surface area contributed by atoms with Gasteiger partial charge in [0.2, 0.25) is 5.82 Å². The number of amides is 1. The van der Waals surface area contributed by atoms with E-state index in [-0.39, 0.29) is 11.7 Å². The molecule has 0 unspecified atom stereocenters. The van der Waals surface area contributed by atoms with Crippen molar-refractivity contribution in [2.75, 3.05) is 39.4 Å². The van der Waals surface area contributed by atoms with Gasteiger partial charge in [0.1, 0.15) is 0 Å². The van der Waals surface area contributed by atoms with E-state index in [0.29, 0.717) is 12.4 Å². The number of benzene rings is 2. The second kappa shape index (κ2) is 9.65. The molecular formula is C23H27N5O2. The van der Waals surface area contributed by atoms with Crippen molar-refractivity contribution in [2.24, 2.45) is 0 Å². The fourth-order valence-electron chi connectivity index (χ4n) is 3.53. The highest BCUT2D eigenvalue weighted by molar-refractivity contribution is 5.91. The van der Waals surface area contributed by atoms with Crippen molar-refractivity contribution in [3.8, 4) is 17.1 Å². The van der Waals surface area contributed by atoms with Crippen molar-refractivity contribution in [3.63, 3.8) is 0 Å². The van der Waals surface area contributed by atoms with Crippen LogP contribution >= 0.6 is 0 Å². The molecule has 1 aromatic heterocycles. The maximum atomic E-state index is 12.7. The Morgan fingerprint density at radius 1 is 1.10 bits per heavy atom. The topological polar surface area (TPSA) is 72.3 Å². The number of aryl methyl sites for hydroxylation is 1. The minimum absolute atomic E-state index is 0.182. The number of hydrogen-bond acceptors (Lipinski definition) is 5. The fraction of sp³-hybridized carbons (Fsp3) is 0.348. The monoisotopic (exact) mass is 405 g/mol. The Labute approximate surface area is 176 Å². The minimum Gasteiger partial charge on any atom is -0.379 e. The maximum absolute atomic E-state index is 12.7. The highest BCUT2D eigenvalue weighted by Crippen LogP contribution is 2.21. The number of aromatic nitrogens is 3. The molecule has 0 atom stereocenters. The van der Waals surface area contributed by atoms with E-state index in [0.717, 1.165) is 56.1 Å². The molecule has 2 heterocycles. The Morgan fingerprint density at radius 3 is 2.67 bits per heavy atom. The van der Waals surface area contributed by atoms with Crippen LogP contribution in [0.25, 0.3) is 17.1 Å². The van der Waals surface area contributed by atoms with Crippen molar-refractivity contribution in [1.29, 1.82) is 0 Å². The zero-order valence-corrected chi connectivity index (χ0v) is 17.3. The number of carbonyl (C=O) groups excluding carboxylic acids is 1. The van der Waals surface area contributed by atoms with Crippen LogP contribution in [0.4, 0.5) is 0 Å². The first-order chi connectivity index (χ1) is 14.7. The first-order valence-electron chi connectivity index (χ1n) is 10.4. The van der Waals surface area contributed by atoms with Gasteiger partial charge in [0.05, 0.1) is 18.9 Å². The minimum atomic E-state index is -0.249. The number of hydrogen-bond donors (Lipinski definition) is 1. The van der Waals surface area contributed by atoms with Gasteiger partial charge in [-0.3, -0.25) is 9.69 Å². The van der Waals surface area contributed by atoms with Crippen molar-refractivity contribution < 1.29 is 9.53 Å². The Hall–Kier alpha value is -3.03. The summed E-state index contributed by atoms with van der Waals surface area (Å²) in [6, 6.07) is 17.8. The zero-order valence-electron chi connectivity index (χ0n) is 17.3. The van der Waals surface area contributed by atoms with Crippen LogP contribution in [-0.2, 0) is 4.74 Å². The fourth-order valence-corrected chi connectivity index (χ4v) is 3.53. The van der Waals surface area contributed by atoms with Gasteiger partial charge in [0, 0.05) is 25.2 Å². The molecule has 30 heavy (non-hydrogen) atoms. The van der Waals surface area contributed by atoms with Crippen LogP contribution in [-0.4, -0.2) is 65.0 Å². The predicted octanol–water partition coefficient (Wildman–Crippen LogP) is 2.69. The second-order valence-corrected chi connectivity index (χ2v) is 7.44. The van der Waals surface area contributed by atoms with E-state index >= 15 is 0 Å². The molecule has 0 bridgehead atoms. The van der Waals surface area contributed by atoms with Crippen LogP contribution in [0, 0.1) is 6.92 Å². The molecule has 2 aromatic carbocycles. The number of carbonyl (C=O) groups is 1. The van der Waals surface area contributed by atoms with Crippen LogP contribution in [0.5, 0.6) is 0 Å². The van der Waals surface area contributed by atoms with Crippen molar-refractivity contribution in [3.05, 3.63) is 66.0 Å². The lowest BCUT2D eigenvalue weighted by atomic mass is 10.2. The highest BCUT2D eigenvalue weighted by Gasteiger charge is 2.18. The SMILES string of the molecule is Cc1cccc(-n2nc(C(=O)NCCCN3CCOCC3)nc2-c2ccccc2)c1. The summed E-state index contributed by atoms with van der Waals surface area (Å²) in [5.41, 5.74) is 2.92. The number of morpholine rings is 1. The first-order valence-corrected chi connectivity index (χ1v) is 10.4. The third-order valence-electron chi connectivity index (χ3n) is 5.13. The summed E-state index contributed by atoms with van der Waals surface area (Å²) in [5.74, 6) is 0.585. The van der Waals surface area contributed by atoms with Gasteiger partial charge < -0.3 is 10.1 Å². The molecule has 1 aliphatic heterocycles. The van der Waals surface area contributed by atoms with E-state index in [4.69, 9.17) is 4.74 Å². The van der Waals surface area contributed by atoms with Crippen LogP contribution in [0.15, 0.2) is 54.6 Å². The quantitative estimate of drug-likeness (QED) is 0.612. The molecule has 1 saturated heterocycles. The maximum Gasteiger partial charge on any atom is 0.290 e. The summed E-state index contributed by atoms with van der Waals surface area (Å²) < 4.78 is 7.11. The lowest BCUT2D eigenvalue weighted by Crippen LogP contribution is -2.38. The van der Waals surface area contributed by atoms with Crippen molar-refractivity contribution >= 4 is 5.91 Å². The van der Waals surface area contributed by atoms with Gasteiger partial charge in [-0.15, -0.1) is 5.10 Å². The van der Waals surface area contributed by atoms with E-state index in [1.54, 1.807) is 4.68 Å². The summed E-state index contributed by atoms with van der Waals surface area (Å²) in [6.45, 7) is 7.06. The largest absolute Gasteiger partial charge is 0.379 e. The summed E-state index contributed by atoms with van der Waals surface area (Å²) in [4.78, 5) is 19.6. The number of nitrogens with zero attached hydrogens (tertiary/aromatic N) is 4. The molecular weight excluding hydrogens is 378 g/mol. The van der Waals surface area contributed by atoms with E-state index in [1.807, 2.05) is 61.5 Å². The normalized spacial score (nSPS) is 14.6. The van der Waals surface area contributed by atoms with Gasteiger partial charge in [-0.25, -0.2) is 9.67 Å². The van der Waals surface area contributed by atoms with E-state index < -0.39 is 0 Å². The number of ether oxygens (including phenoxy) is 1. The van der Waals surface area contributed by atoms with E-state index in [9.17, 15) is 4.79 Å². The van der Waals surface area contributed by atoms with Crippen LogP contribution in [0.2, 0.25) is 0 Å². The Morgan fingerprint density at radius 2 is 1.90 bits per heavy atom. The average Bonchev–Trinajstić information content (AvgIpc) is 3.24. The molecule has 1 aliphatic rings. The smallest absolute Gasteiger partial charge is 0.290 e. The standard InChI is InChI=1S/C23H27N5O2/c1-18-7-5-10-20(17-18)28-22(19-8-3-2-4-9-19)25-21(26-28)23(29)24-11-6-12-27-13-15-30-16-14-27/h2-5,7-10,17H,6,11-16H2,1H3,(H,24,29). The summed E-state index contributed by atoms with van der Waals surface area (Å²) in [6.07, 6.45) is 0.885.